The van der Waals surface area contributed by atoms with Crippen LogP contribution in [0.3, 0.4) is 0 Å². The average Bonchev–Trinajstić information content (AvgIpc) is 2.01. The van der Waals surface area contributed by atoms with Gasteiger partial charge in [-0.3, -0.25) is 4.84 Å². The van der Waals surface area contributed by atoms with E-state index >= 15 is 0 Å². The predicted molar refractivity (Wildman–Crippen MR) is 63.3 cm³/mol. The lowest BCUT2D eigenvalue weighted by Crippen LogP contribution is -2.58. The quantitative estimate of drug-likeness (QED) is 0.673. The summed E-state index contributed by atoms with van der Waals surface area (Å²) in [5.74, 6) is 0.757. The van der Waals surface area contributed by atoms with Gasteiger partial charge in [-0.2, -0.15) is 5.06 Å². The van der Waals surface area contributed by atoms with Gasteiger partial charge in [-0.1, -0.05) is 0 Å². The Morgan fingerprint density at radius 3 is 2.07 bits per heavy atom. The van der Waals surface area contributed by atoms with Gasteiger partial charge in [0.15, 0.2) is 0 Å². The van der Waals surface area contributed by atoms with E-state index in [0.29, 0.717) is 0 Å². The molecule has 0 radical (unpaired) electrons. The van der Waals surface area contributed by atoms with Gasteiger partial charge in [-0.15, -0.1) is 11.8 Å². The first-order chi connectivity index (χ1) is 6.40. The largest absolute Gasteiger partial charge is 0.287 e. The Morgan fingerprint density at radius 1 is 1.14 bits per heavy atom. The van der Waals surface area contributed by atoms with Crippen molar-refractivity contribution in [3.8, 4) is 0 Å². The second kappa shape index (κ2) is 4.42. The van der Waals surface area contributed by atoms with Gasteiger partial charge in [0.25, 0.3) is 0 Å². The lowest BCUT2D eigenvalue weighted by Gasteiger charge is -2.51. The van der Waals surface area contributed by atoms with Crippen molar-refractivity contribution in [1.82, 2.24) is 5.06 Å². The molecule has 0 aromatic heterocycles. The molecule has 0 spiro atoms. The molecule has 0 aliphatic carbocycles. The fourth-order valence-corrected chi connectivity index (χ4v) is 2.64. The fourth-order valence-electron chi connectivity index (χ4n) is 2.43. The van der Waals surface area contributed by atoms with Gasteiger partial charge in [-0.05, 0) is 53.2 Å². The van der Waals surface area contributed by atoms with Gasteiger partial charge in [-0.25, -0.2) is 0 Å². The van der Waals surface area contributed by atoms with Gasteiger partial charge in [0.2, 0.25) is 0 Å². The Labute approximate surface area is 92.3 Å². The van der Waals surface area contributed by atoms with E-state index in [0.717, 1.165) is 5.94 Å². The minimum atomic E-state index is 0.178. The van der Waals surface area contributed by atoms with E-state index in [1.54, 1.807) is 11.8 Å². The van der Waals surface area contributed by atoms with Crippen LogP contribution in [0.25, 0.3) is 0 Å². The van der Waals surface area contributed by atoms with E-state index in [-0.39, 0.29) is 11.1 Å². The molecule has 2 nitrogen and oxygen atoms in total. The molecule has 0 saturated carbocycles. The number of hydrogen-bond acceptors (Lipinski definition) is 3. The number of nitrogens with zero attached hydrogens (tertiary/aromatic N) is 1. The summed E-state index contributed by atoms with van der Waals surface area (Å²) in [6.45, 7) is 9.09. The van der Waals surface area contributed by atoms with Crippen LogP contribution in [-0.2, 0) is 4.84 Å². The zero-order valence-electron chi connectivity index (χ0n) is 10.1. The normalized spacial score (nSPS) is 26.4. The molecule has 0 aromatic rings. The Morgan fingerprint density at radius 2 is 1.64 bits per heavy atom. The molecule has 0 unspecified atom stereocenters. The molecule has 1 aliphatic heterocycles. The summed E-state index contributed by atoms with van der Waals surface area (Å²) in [6.07, 6.45) is 5.83. The van der Waals surface area contributed by atoms with Gasteiger partial charge >= 0.3 is 0 Å². The molecule has 1 fully saturated rings. The molecule has 0 atom stereocenters. The minimum Gasteiger partial charge on any atom is -0.287 e. The van der Waals surface area contributed by atoms with Crippen molar-refractivity contribution < 1.29 is 4.84 Å². The first-order valence-electron chi connectivity index (χ1n) is 5.32. The summed E-state index contributed by atoms with van der Waals surface area (Å²) in [7, 11) is 0. The van der Waals surface area contributed by atoms with Crippen molar-refractivity contribution >= 4 is 11.8 Å². The Hall–Kier alpha value is 0.270. The zero-order chi connectivity index (χ0) is 10.8. The summed E-state index contributed by atoms with van der Waals surface area (Å²) in [5.41, 5.74) is 0.356. The zero-order valence-corrected chi connectivity index (χ0v) is 10.9. The molecule has 0 amide bonds. The third-order valence-electron chi connectivity index (χ3n) is 2.98. The predicted octanol–water partition coefficient (Wildman–Crippen LogP) is 3.28. The molecule has 84 valence electrons. The van der Waals surface area contributed by atoms with Crippen LogP contribution in [0, 0.1) is 0 Å². The number of piperidine rings is 1. The summed E-state index contributed by atoms with van der Waals surface area (Å²) in [6, 6.07) is 0. The van der Waals surface area contributed by atoms with Crippen LogP contribution in [0.15, 0.2) is 0 Å². The summed E-state index contributed by atoms with van der Waals surface area (Å²) < 4.78 is 0. The second-order valence-corrected chi connectivity index (χ2v) is 6.12. The van der Waals surface area contributed by atoms with E-state index in [1.807, 2.05) is 0 Å². The monoisotopic (exact) mass is 217 g/mol. The molecule has 1 aliphatic rings. The SMILES string of the molecule is CSCON1C(C)(C)CCCC1(C)C. The number of thioether (sulfide) groups is 1. The third-order valence-corrected chi connectivity index (χ3v) is 3.32. The molecule has 14 heavy (non-hydrogen) atoms. The van der Waals surface area contributed by atoms with E-state index in [4.69, 9.17) is 4.84 Å². The van der Waals surface area contributed by atoms with Gasteiger partial charge in [0, 0.05) is 11.1 Å². The van der Waals surface area contributed by atoms with Gasteiger partial charge < -0.3 is 0 Å². The highest BCUT2D eigenvalue weighted by molar-refractivity contribution is 7.98. The van der Waals surface area contributed by atoms with E-state index in [1.165, 1.54) is 19.3 Å². The van der Waals surface area contributed by atoms with E-state index in [2.05, 4.69) is 39.0 Å². The van der Waals surface area contributed by atoms with Crippen LogP contribution >= 0.6 is 11.8 Å². The van der Waals surface area contributed by atoms with Crippen LogP contribution in [0.2, 0.25) is 0 Å². The Kier molecular flexibility index (Phi) is 3.89. The smallest absolute Gasteiger partial charge is 0.114 e. The van der Waals surface area contributed by atoms with Crippen molar-refractivity contribution in [1.29, 1.82) is 0 Å². The first-order valence-corrected chi connectivity index (χ1v) is 6.72. The van der Waals surface area contributed by atoms with E-state index in [9.17, 15) is 0 Å². The van der Waals surface area contributed by atoms with Crippen molar-refractivity contribution in [3.05, 3.63) is 0 Å². The number of rotatable bonds is 3. The third kappa shape index (κ3) is 2.65. The maximum absolute atomic E-state index is 5.86. The molecule has 0 N–H and O–H groups in total. The maximum Gasteiger partial charge on any atom is 0.114 e. The lowest BCUT2D eigenvalue weighted by atomic mass is 9.82. The van der Waals surface area contributed by atoms with Crippen LogP contribution < -0.4 is 0 Å². The molecular formula is C11H23NOS. The van der Waals surface area contributed by atoms with Crippen molar-refractivity contribution in [2.24, 2.45) is 0 Å². The second-order valence-electron chi connectivity index (χ2n) is 5.31. The van der Waals surface area contributed by atoms with Crippen LogP contribution in [0.4, 0.5) is 0 Å². The summed E-state index contributed by atoms with van der Waals surface area (Å²) in [5, 5.41) is 2.21. The van der Waals surface area contributed by atoms with Crippen molar-refractivity contribution in [3.63, 3.8) is 0 Å². The Balaban J connectivity index is 2.70. The summed E-state index contributed by atoms with van der Waals surface area (Å²) in [4.78, 5) is 5.86. The molecule has 1 heterocycles. The highest BCUT2D eigenvalue weighted by atomic mass is 32.2. The van der Waals surface area contributed by atoms with Crippen molar-refractivity contribution in [2.75, 3.05) is 12.2 Å². The number of hydroxylamine groups is 2. The molecule has 0 bridgehead atoms. The minimum absolute atomic E-state index is 0.178. The van der Waals surface area contributed by atoms with Crippen LogP contribution in [0.5, 0.6) is 0 Å². The molecule has 3 heteroatoms. The Bertz CT molecular complexity index is 176. The average molecular weight is 217 g/mol. The highest BCUT2D eigenvalue weighted by Crippen LogP contribution is 2.38. The van der Waals surface area contributed by atoms with E-state index < -0.39 is 0 Å². The topological polar surface area (TPSA) is 12.5 Å². The standard InChI is InChI=1S/C11H23NOS/c1-10(2)7-6-8-11(3,4)12(10)13-9-14-5/h6-9H2,1-5H3. The lowest BCUT2D eigenvalue weighted by molar-refractivity contribution is -0.268. The van der Waals surface area contributed by atoms with Crippen molar-refractivity contribution in [2.45, 2.75) is 58.0 Å². The summed E-state index contributed by atoms with van der Waals surface area (Å²) >= 11 is 1.73. The number of hydrogen-bond donors (Lipinski definition) is 0. The highest BCUT2D eigenvalue weighted by Gasteiger charge is 2.42. The van der Waals surface area contributed by atoms with Crippen LogP contribution in [-0.4, -0.2) is 28.3 Å². The van der Waals surface area contributed by atoms with Gasteiger partial charge in [0.05, 0.1) is 0 Å². The molecular weight excluding hydrogens is 194 g/mol. The maximum atomic E-state index is 5.86. The molecule has 0 aromatic carbocycles. The first kappa shape index (κ1) is 12.3. The van der Waals surface area contributed by atoms with Gasteiger partial charge in [0.1, 0.15) is 5.94 Å². The molecule has 1 rings (SSSR count). The molecule has 1 saturated heterocycles. The van der Waals surface area contributed by atoms with Crippen LogP contribution in [0.1, 0.15) is 47.0 Å². The fraction of sp³-hybridized carbons (Fsp3) is 1.00.